The van der Waals surface area contributed by atoms with E-state index in [0.717, 1.165) is 5.56 Å². The molecule has 1 atom stereocenters. The number of carbonyl (C=O) groups is 2. The fourth-order valence-electron chi connectivity index (χ4n) is 2.37. The number of halogens is 1. The summed E-state index contributed by atoms with van der Waals surface area (Å²) < 4.78 is 13.6. The summed E-state index contributed by atoms with van der Waals surface area (Å²) in [5.74, 6) is -0.801. The molecule has 5 heteroatoms. The molecule has 2 rings (SSSR count). The molecule has 4 nitrogen and oxygen atoms in total. The molecule has 1 unspecified atom stereocenters. The van der Waals surface area contributed by atoms with E-state index < -0.39 is 5.82 Å². The van der Waals surface area contributed by atoms with Gasteiger partial charge in [0, 0.05) is 11.6 Å². The number of anilines is 1. The van der Waals surface area contributed by atoms with E-state index in [2.05, 4.69) is 10.6 Å². The first-order chi connectivity index (χ1) is 11.9. The first kappa shape index (κ1) is 18.6. The van der Waals surface area contributed by atoms with Crippen molar-refractivity contribution < 1.29 is 14.0 Å². The van der Waals surface area contributed by atoms with Crippen molar-refractivity contribution in [3.63, 3.8) is 0 Å². The second-order valence-electron chi connectivity index (χ2n) is 6.33. The third-order valence-corrected chi connectivity index (χ3v) is 3.86. The van der Waals surface area contributed by atoms with E-state index in [1.807, 2.05) is 39.0 Å². The van der Waals surface area contributed by atoms with Crippen LogP contribution in [0.25, 0.3) is 0 Å². The van der Waals surface area contributed by atoms with Gasteiger partial charge >= 0.3 is 0 Å². The Morgan fingerprint density at radius 3 is 2.44 bits per heavy atom. The molecule has 0 fully saturated rings. The summed E-state index contributed by atoms with van der Waals surface area (Å²) in [7, 11) is 0. The van der Waals surface area contributed by atoms with Gasteiger partial charge in [-0.1, -0.05) is 44.2 Å². The quantitative estimate of drug-likeness (QED) is 0.838. The van der Waals surface area contributed by atoms with E-state index in [-0.39, 0.29) is 30.2 Å². The molecule has 25 heavy (non-hydrogen) atoms. The van der Waals surface area contributed by atoms with E-state index in [0.29, 0.717) is 11.3 Å². The highest BCUT2D eigenvalue weighted by Crippen LogP contribution is 2.18. The molecule has 0 saturated carbocycles. The Kier molecular flexibility index (Phi) is 6.28. The largest absolute Gasteiger partial charge is 0.349 e. The average molecular weight is 342 g/mol. The Hall–Kier alpha value is -2.69. The predicted octanol–water partition coefficient (Wildman–Crippen LogP) is 3.84. The Morgan fingerprint density at radius 1 is 1.04 bits per heavy atom. The lowest BCUT2D eigenvalue weighted by atomic mass is 10.1. The number of hydrogen-bond donors (Lipinski definition) is 2. The molecule has 0 spiro atoms. The highest BCUT2D eigenvalue weighted by molar-refractivity contribution is 5.92. The van der Waals surface area contributed by atoms with Gasteiger partial charge in [0.25, 0.3) is 0 Å². The lowest BCUT2D eigenvalue weighted by Gasteiger charge is -2.17. The summed E-state index contributed by atoms with van der Waals surface area (Å²) >= 11 is 0. The van der Waals surface area contributed by atoms with Gasteiger partial charge in [-0.15, -0.1) is 0 Å². The van der Waals surface area contributed by atoms with E-state index in [9.17, 15) is 14.0 Å². The fourth-order valence-corrected chi connectivity index (χ4v) is 2.37. The van der Waals surface area contributed by atoms with Gasteiger partial charge in [0.15, 0.2) is 0 Å². The van der Waals surface area contributed by atoms with Crippen molar-refractivity contribution >= 4 is 17.5 Å². The number of rotatable bonds is 6. The standard InChI is InChI=1S/C20H23FN2O2/c1-13(2)20(25)22-14(3)15-8-6-9-17(11-15)23-19(24)12-16-7-4-5-10-18(16)21/h4-11,13-14H,12H2,1-3H3,(H,22,25)(H,23,24). The number of carbonyl (C=O) groups excluding carboxylic acids is 2. The normalized spacial score (nSPS) is 11.9. The minimum Gasteiger partial charge on any atom is -0.349 e. The average Bonchev–Trinajstić information content (AvgIpc) is 2.57. The molecule has 0 bridgehead atoms. The molecule has 0 aliphatic heterocycles. The summed E-state index contributed by atoms with van der Waals surface area (Å²) in [5, 5.41) is 5.69. The maximum Gasteiger partial charge on any atom is 0.228 e. The second kappa shape index (κ2) is 8.42. The van der Waals surface area contributed by atoms with Crippen LogP contribution in [-0.2, 0) is 16.0 Å². The highest BCUT2D eigenvalue weighted by atomic mass is 19.1. The van der Waals surface area contributed by atoms with Crippen molar-refractivity contribution in [1.82, 2.24) is 5.32 Å². The molecule has 2 N–H and O–H groups in total. The van der Waals surface area contributed by atoms with Crippen LogP contribution in [0.5, 0.6) is 0 Å². The van der Waals surface area contributed by atoms with Gasteiger partial charge in [0.2, 0.25) is 11.8 Å². The molecule has 0 aromatic heterocycles. The van der Waals surface area contributed by atoms with Crippen LogP contribution < -0.4 is 10.6 Å². The maximum atomic E-state index is 13.6. The summed E-state index contributed by atoms with van der Waals surface area (Å²) in [6.07, 6.45) is -0.0312. The lowest BCUT2D eigenvalue weighted by molar-refractivity contribution is -0.124. The monoisotopic (exact) mass is 342 g/mol. The van der Waals surface area contributed by atoms with Crippen LogP contribution in [0.15, 0.2) is 48.5 Å². The van der Waals surface area contributed by atoms with Gasteiger partial charge in [-0.05, 0) is 36.2 Å². The third kappa shape index (κ3) is 5.41. The Morgan fingerprint density at radius 2 is 1.76 bits per heavy atom. The molecule has 2 amide bonds. The third-order valence-electron chi connectivity index (χ3n) is 3.86. The minimum atomic E-state index is -0.392. The smallest absolute Gasteiger partial charge is 0.228 e. The number of amides is 2. The van der Waals surface area contributed by atoms with Gasteiger partial charge < -0.3 is 10.6 Å². The Labute approximate surface area is 147 Å². The van der Waals surface area contributed by atoms with E-state index in [1.54, 1.807) is 24.3 Å². The van der Waals surface area contributed by atoms with Crippen molar-refractivity contribution in [2.24, 2.45) is 5.92 Å². The van der Waals surface area contributed by atoms with Crippen LogP contribution in [0.2, 0.25) is 0 Å². The summed E-state index contributed by atoms with van der Waals surface area (Å²) in [6, 6.07) is 13.3. The SMILES string of the molecule is CC(C)C(=O)NC(C)c1cccc(NC(=O)Cc2ccccc2F)c1. The van der Waals surface area contributed by atoms with Gasteiger partial charge in [-0.3, -0.25) is 9.59 Å². The van der Waals surface area contributed by atoms with E-state index >= 15 is 0 Å². The van der Waals surface area contributed by atoms with Crippen molar-refractivity contribution in [2.75, 3.05) is 5.32 Å². The first-order valence-corrected chi connectivity index (χ1v) is 8.30. The number of benzene rings is 2. The van der Waals surface area contributed by atoms with E-state index in [1.165, 1.54) is 6.07 Å². The van der Waals surface area contributed by atoms with Crippen LogP contribution in [0.4, 0.5) is 10.1 Å². The molecule has 0 radical (unpaired) electrons. The topological polar surface area (TPSA) is 58.2 Å². The van der Waals surface area contributed by atoms with Gasteiger partial charge in [-0.2, -0.15) is 0 Å². The Balaban J connectivity index is 2.02. The Bertz CT molecular complexity index is 759. The molecular weight excluding hydrogens is 319 g/mol. The number of nitrogens with one attached hydrogen (secondary N) is 2. The van der Waals surface area contributed by atoms with E-state index in [4.69, 9.17) is 0 Å². The lowest BCUT2D eigenvalue weighted by Crippen LogP contribution is -2.30. The zero-order valence-electron chi connectivity index (χ0n) is 14.7. The summed E-state index contributed by atoms with van der Waals surface area (Å²) in [4.78, 5) is 23.9. The molecule has 0 heterocycles. The zero-order valence-corrected chi connectivity index (χ0v) is 14.7. The van der Waals surface area contributed by atoms with Crippen LogP contribution in [-0.4, -0.2) is 11.8 Å². The fraction of sp³-hybridized carbons (Fsp3) is 0.300. The van der Waals surface area contributed by atoms with Crippen LogP contribution in [0, 0.1) is 11.7 Å². The van der Waals surface area contributed by atoms with Crippen LogP contribution in [0.1, 0.15) is 37.9 Å². The predicted molar refractivity (Wildman–Crippen MR) is 96.6 cm³/mol. The van der Waals surface area contributed by atoms with Gasteiger partial charge in [-0.25, -0.2) is 4.39 Å². The van der Waals surface area contributed by atoms with Gasteiger partial charge in [0.1, 0.15) is 5.82 Å². The maximum absolute atomic E-state index is 13.6. The molecule has 0 aliphatic rings. The van der Waals surface area contributed by atoms with Crippen molar-refractivity contribution in [3.8, 4) is 0 Å². The summed E-state index contributed by atoms with van der Waals surface area (Å²) in [6.45, 7) is 5.56. The molecule has 2 aromatic carbocycles. The first-order valence-electron chi connectivity index (χ1n) is 8.30. The van der Waals surface area contributed by atoms with Gasteiger partial charge in [0.05, 0.1) is 12.5 Å². The molecule has 0 saturated heterocycles. The number of hydrogen-bond acceptors (Lipinski definition) is 2. The zero-order chi connectivity index (χ0) is 18.4. The minimum absolute atomic E-state index is 0.0264. The second-order valence-corrected chi connectivity index (χ2v) is 6.33. The van der Waals surface area contributed by atoms with Crippen molar-refractivity contribution in [3.05, 3.63) is 65.5 Å². The van der Waals surface area contributed by atoms with Crippen molar-refractivity contribution in [2.45, 2.75) is 33.2 Å². The molecule has 132 valence electrons. The van der Waals surface area contributed by atoms with Crippen LogP contribution >= 0.6 is 0 Å². The van der Waals surface area contributed by atoms with Crippen LogP contribution in [0.3, 0.4) is 0 Å². The molecule has 2 aromatic rings. The molecule has 0 aliphatic carbocycles. The van der Waals surface area contributed by atoms with Crippen molar-refractivity contribution in [1.29, 1.82) is 0 Å². The highest BCUT2D eigenvalue weighted by Gasteiger charge is 2.13. The molecular formula is C20H23FN2O2. The summed E-state index contributed by atoms with van der Waals surface area (Å²) in [5.41, 5.74) is 1.86.